The lowest BCUT2D eigenvalue weighted by Gasteiger charge is -2.19. The fraction of sp³-hybridized carbons (Fsp3) is 0.480. The maximum absolute atomic E-state index is 12.6. The monoisotopic (exact) mass is 464 g/mol. The number of rotatable bonds is 12. The number of nitrogens with one attached hydrogen (secondary N) is 2. The maximum atomic E-state index is 12.6. The Balaban J connectivity index is 0.000000389. The fourth-order valence-corrected chi connectivity index (χ4v) is 4.79. The molecule has 7 heteroatoms. The maximum Gasteiger partial charge on any atom is 0.240 e. The molecule has 1 amide bonds. The van der Waals surface area contributed by atoms with Crippen LogP contribution in [0.5, 0.6) is 0 Å². The van der Waals surface area contributed by atoms with Gasteiger partial charge in [0.25, 0.3) is 0 Å². The molecule has 5 nitrogen and oxygen atoms in total. The van der Waals surface area contributed by atoms with E-state index in [0.29, 0.717) is 17.9 Å². The lowest BCUT2D eigenvalue weighted by molar-refractivity contribution is -0.109. The van der Waals surface area contributed by atoms with Crippen LogP contribution in [0.15, 0.2) is 47.4 Å². The first-order chi connectivity index (χ1) is 15.2. The summed E-state index contributed by atoms with van der Waals surface area (Å²) in [6, 6.07) is 11.5. The summed E-state index contributed by atoms with van der Waals surface area (Å²) in [5.74, 6) is -0.264. The van der Waals surface area contributed by atoms with Crippen molar-refractivity contribution in [3.05, 3.63) is 65.0 Å². The third-order valence-electron chi connectivity index (χ3n) is 4.94. The number of carbonyl (C=O) groups is 1. The smallest absolute Gasteiger partial charge is 0.240 e. The van der Waals surface area contributed by atoms with Crippen LogP contribution in [0.1, 0.15) is 69.1 Å². The van der Waals surface area contributed by atoms with E-state index in [-0.39, 0.29) is 11.9 Å². The highest BCUT2D eigenvalue weighted by atomic mass is 32.2. The molecule has 2 aromatic carbocycles. The lowest BCUT2D eigenvalue weighted by Crippen LogP contribution is -2.35. The van der Waals surface area contributed by atoms with Gasteiger partial charge in [0.1, 0.15) is 5.82 Å². The van der Waals surface area contributed by atoms with Gasteiger partial charge in [0, 0.05) is 12.6 Å². The minimum atomic E-state index is -3.42. The van der Waals surface area contributed by atoms with Crippen LogP contribution in [0.25, 0.3) is 0 Å². The van der Waals surface area contributed by atoms with Crippen LogP contribution in [0.4, 0.5) is 4.39 Å². The molecule has 0 saturated carbocycles. The SMILES string of the molecule is CCCCC(CCCC)NS(=O)(=O)c1cc(C)cc(C)c1.O=CNCc1ccc(F)cc1. The molecular formula is C25H37FN2O3S. The van der Waals surface area contributed by atoms with Gasteiger partial charge in [-0.2, -0.15) is 0 Å². The summed E-state index contributed by atoms with van der Waals surface area (Å²) < 4.78 is 40.3. The zero-order valence-corrected chi connectivity index (χ0v) is 20.5. The van der Waals surface area contributed by atoms with Gasteiger partial charge < -0.3 is 5.32 Å². The third-order valence-corrected chi connectivity index (χ3v) is 6.44. The summed E-state index contributed by atoms with van der Waals surface area (Å²) in [7, 11) is -3.42. The van der Waals surface area contributed by atoms with Crippen molar-refractivity contribution in [3.8, 4) is 0 Å². The zero-order valence-electron chi connectivity index (χ0n) is 19.7. The Labute approximate surface area is 192 Å². The number of halogens is 1. The topological polar surface area (TPSA) is 75.3 Å². The van der Waals surface area contributed by atoms with E-state index in [2.05, 4.69) is 23.9 Å². The number of benzene rings is 2. The summed E-state index contributed by atoms with van der Waals surface area (Å²) in [5.41, 5.74) is 2.85. The standard InChI is InChI=1S/C17H29NO2S.C8H8FNO/c1-5-7-9-16(10-8-6-2)18-21(19,20)17-12-14(3)11-15(4)13-17;9-8-3-1-7(2-4-8)5-10-6-11/h11-13,16,18H,5-10H2,1-4H3;1-4,6H,5H2,(H,10,11). The molecular weight excluding hydrogens is 427 g/mol. The Bertz CT molecular complexity index is 887. The average Bonchev–Trinajstić information content (AvgIpc) is 2.75. The van der Waals surface area contributed by atoms with Crippen LogP contribution in [0.2, 0.25) is 0 Å². The van der Waals surface area contributed by atoms with Crippen molar-refractivity contribution < 1.29 is 17.6 Å². The highest BCUT2D eigenvalue weighted by molar-refractivity contribution is 7.89. The first-order valence-electron chi connectivity index (χ1n) is 11.2. The number of unbranched alkanes of at least 4 members (excludes halogenated alkanes) is 2. The molecule has 0 saturated heterocycles. The minimum absolute atomic E-state index is 0.0516. The molecule has 178 valence electrons. The van der Waals surface area contributed by atoms with E-state index in [1.165, 1.54) is 12.1 Å². The van der Waals surface area contributed by atoms with Crippen molar-refractivity contribution in [3.63, 3.8) is 0 Å². The molecule has 0 aliphatic rings. The van der Waals surface area contributed by atoms with Crippen molar-refractivity contribution in [1.29, 1.82) is 0 Å². The molecule has 2 rings (SSSR count). The number of hydrogen-bond donors (Lipinski definition) is 2. The first kappa shape index (κ1) is 27.8. The fourth-order valence-electron chi connectivity index (χ4n) is 3.30. The molecule has 2 aromatic rings. The molecule has 0 aliphatic heterocycles. The minimum Gasteiger partial charge on any atom is -0.355 e. The van der Waals surface area contributed by atoms with E-state index in [4.69, 9.17) is 0 Å². The Morgan fingerprint density at radius 3 is 1.94 bits per heavy atom. The molecule has 0 atom stereocenters. The molecule has 0 fully saturated rings. The van der Waals surface area contributed by atoms with Crippen molar-refractivity contribution in [1.82, 2.24) is 10.0 Å². The summed E-state index contributed by atoms with van der Waals surface area (Å²) in [5, 5.41) is 2.48. The van der Waals surface area contributed by atoms with Crippen molar-refractivity contribution in [2.75, 3.05) is 0 Å². The van der Waals surface area contributed by atoms with E-state index in [1.807, 2.05) is 19.9 Å². The van der Waals surface area contributed by atoms with Gasteiger partial charge in [-0.05, 0) is 67.6 Å². The normalized spacial score (nSPS) is 11.1. The van der Waals surface area contributed by atoms with Gasteiger partial charge in [-0.15, -0.1) is 0 Å². The Kier molecular flexibility index (Phi) is 12.8. The third kappa shape index (κ3) is 10.9. The molecule has 0 bridgehead atoms. The second-order valence-electron chi connectivity index (χ2n) is 8.05. The lowest BCUT2D eigenvalue weighted by atomic mass is 10.1. The van der Waals surface area contributed by atoms with Crippen molar-refractivity contribution in [2.45, 2.75) is 83.7 Å². The second-order valence-corrected chi connectivity index (χ2v) is 9.77. The molecule has 32 heavy (non-hydrogen) atoms. The van der Waals surface area contributed by atoms with Gasteiger partial charge in [-0.3, -0.25) is 4.79 Å². The summed E-state index contributed by atoms with van der Waals surface area (Å²) in [6.45, 7) is 8.57. The van der Waals surface area contributed by atoms with Crippen LogP contribution in [-0.4, -0.2) is 20.9 Å². The van der Waals surface area contributed by atoms with Gasteiger partial charge in [0.05, 0.1) is 4.90 Å². The predicted molar refractivity (Wildman–Crippen MR) is 128 cm³/mol. The van der Waals surface area contributed by atoms with Crippen molar-refractivity contribution in [2.24, 2.45) is 0 Å². The summed E-state index contributed by atoms with van der Waals surface area (Å²) in [6.07, 6.45) is 6.75. The molecule has 0 unspecified atom stereocenters. The quantitative estimate of drug-likeness (QED) is 0.413. The molecule has 2 N–H and O–H groups in total. The van der Waals surface area contributed by atoms with Crippen LogP contribution in [0.3, 0.4) is 0 Å². The second kappa shape index (κ2) is 14.7. The van der Waals surface area contributed by atoms with Gasteiger partial charge in [-0.1, -0.05) is 57.7 Å². The highest BCUT2D eigenvalue weighted by Gasteiger charge is 2.20. The molecule has 0 heterocycles. The van der Waals surface area contributed by atoms with E-state index >= 15 is 0 Å². The molecule has 0 aliphatic carbocycles. The number of carbonyl (C=O) groups excluding carboxylic acids is 1. The molecule has 0 radical (unpaired) electrons. The highest BCUT2D eigenvalue weighted by Crippen LogP contribution is 2.17. The average molecular weight is 465 g/mol. The van der Waals surface area contributed by atoms with E-state index in [0.717, 1.165) is 55.2 Å². The Morgan fingerprint density at radius 2 is 1.47 bits per heavy atom. The zero-order chi connectivity index (χ0) is 24.0. The van der Waals surface area contributed by atoms with E-state index < -0.39 is 10.0 Å². The molecule has 0 spiro atoms. The summed E-state index contributed by atoms with van der Waals surface area (Å²) >= 11 is 0. The number of hydrogen-bond acceptors (Lipinski definition) is 3. The van der Waals surface area contributed by atoms with Crippen molar-refractivity contribution >= 4 is 16.4 Å². The van der Waals surface area contributed by atoms with Crippen LogP contribution >= 0.6 is 0 Å². The van der Waals surface area contributed by atoms with Gasteiger partial charge in [0.15, 0.2) is 0 Å². The van der Waals surface area contributed by atoms with Crippen LogP contribution in [-0.2, 0) is 21.4 Å². The number of amides is 1. The number of aryl methyl sites for hydroxylation is 2. The van der Waals surface area contributed by atoms with Gasteiger partial charge >= 0.3 is 0 Å². The predicted octanol–water partition coefficient (Wildman–Crippen LogP) is 5.40. The van der Waals surface area contributed by atoms with Crippen LogP contribution < -0.4 is 10.0 Å². The van der Waals surface area contributed by atoms with E-state index in [9.17, 15) is 17.6 Å². The van der Waals surface area contributed by atoms with E-state index in [1.54, 1.807) is 24.3 Å². The Hall–Kier alpha value is -2.25. The van der Waals surface area contributed by atoms with Crippen LogP contribution in [0, 0.1) is 19.7 Å². The Morgan fingerprint density at radius 1 is 0.938 bits per heavy atom. The number of sulfonamides is 1. The van der Waals surface area contributed by atoms with Gasteiger partial charge in [0.2, 0.25) is 16.4 Å². The molecule has 0 aromatic heterocycles. The largest absolute Gasteiger partial charge is 0.355 e. The summed E-state index contributed by atoms with van der Waals surface area (Å²) in [4.78, 5) is 10.2. The van der Waals surface area contributed by atoms with Gasteiger partial charge in [-0.25, -0.2) is 17.5 Å². The first-order valence-corrected chi connectivity index (χ1v) is 12.7.